The third kappa shape index (κ3) is 2.41. The first kappa shape index (κ1) is 15.4. The van der Waals surface area contributed by atoms with Gasteiger partial charge in [-0.15, -0.1) is 0 Å². The molecule has 0 saturated heterocycles. The topological polar surface area (TPSA) is 90.0 Å². The summed E-state index contributed by atoms with van der Waals surface area (Å²) in [5, 5.41) is 0.390. The SMILES string of the molecule is COC(=O)c1ccccc1C(=O)ON1C(=O)c2ccccc2C1=O. The lowest BCUT2D eigenvalue weighted by Crippen LogP contribution is -2.33. The molecule has 7 heteroatoms. The summed E-state index contributed by atoms with van der Waals surface area (Å²) in [5.41, 5.74) is 0.163. The molecule has 0 saturated carbocycles. The molecule has 0 spiro atoms. The number of carbonyl (C=O) groups is 4. The molecule has 0 aromatic heterocycles. The Hall–Kier alpha value is -3.48. The third-order valence-electron chi connectivity index (χ3n) is 3.48. The Bertz CT molecular complexity index is 838. The van der Waals surface area contributed by atoms with Crippen LogP contribution in [0.1, 0.15) is 41.4 Å². The number of amides is 2. The van der Waals surface area contributed by atoms with E-state index in [1.807, 2.05) is 0 Å². The monoisotopic (exact) mass is 325 g/mol. The summed E-state index contributed by atoms with van der Waals surface area (Å²) in [6.07, 6.45) is 0. The van der Waals surface area contributed by atoms with Crippen molar-refractivity contribution >= 4 is 23.8 Å². The highest BCUT2D eigenvalue weighted by Crippen LogP contribution is 2.23. The number of nitrogens with zero attached hydrogens (tertiary/aromatic N) is 1. The van der Waals surface area contributed by atoms with Gasteiger partial charge >= 0.3 is 11.9 Å². The average molecular weight is 325 g/mol. The minimum Gasteiger partial charge on any atom is -0.465 e. The van der Waals surface area contributed by atoms with Crippen molar-refractivity contribution in [2.75, 3.05) is 7.11 Å². The molecule has 0 unspecified atom stereocenters. The number of ether oxygens (including phenoxy) is 1. The van der Waals surface area contributed by atoms with Crippen LogP contribution in [0.15, 0.2) is 48.5 Å². The van der Waals surface area contributed by atoms with E-state index in [0.29, 0.717) is 5.06 Å². The van der Waals surface area contributed by atoms with Crippen molar-refractivity contribution in [1.29, 1.82) is 0 Å². The van der Waals surface area contributed by atoms with Gasteiger partial charge in [-0.2, -0.15) is 0 Å². The molecule has 0 aliphatic carbocycles. The highest BCUT2D eigenvalue weighted by molar-refractivity contribution is 6.21. The zero-order chi connectivity index (χ0) is 17.3. The van der Waals surface area contributed by atoms with E-state index in [0.717, 1.165) is 0 Å². The number of hydroxylamine groups is 2. The maximum atomic E-state index is 12.3. The van der Waals surface area contributed by atoms with E-state index < -0.39 is 23.8 Å². The molecular weight excluding hydrogens is 314 g/mol. The molecule has 0 bridgehead atoms. The van der Waals surface area contributed by atoms with E-state index in [9.17, 15) is 19.2 Å². The Balaban J connectivity index is 1.89. The first-order valence-corrected chi connectivity index (χ1v) is 6.92. The number of esters is 1. The molecule has 0 fully saturated rings. The van der Waals surface area contributed by atoms with Gasteiger partial charge in [0.1, 0.15) is 0 Å². The second-order valence-corrected chi connectivity index (χ2v) is 4.87. The molecule has 1 aliphatic heterocycles. The van der Waals surface area contributed by atoms with Crippen LogP contribution >= 0.6 is 0 Å². The predicted octanol–water partition coefficient (Wildman–Crippen LogP) is 1.84. The van der Waals surface area contributed by atoms with E-state index in [4.69, 9.17) is 4.84 Å². The molecule has 7 nitrogen and oxygen atoms in total. The number of hydrogen-bond acceptors (Lipinski definition) is 6. The van der Waals surface area contributed by atoms with E-state index in [2.05, 4.69) is 4.74 Å². The number of imide groups is 1. The first-order chi connectivity index (χ1) is 11.5. The zero-order valence-corrected chi connectivity index (χ0v) is 12.5. The van der Waals surface area contributed by atoms with Gasteiger partial charge in [0.25, 0.3) is 11.8 Å². The molecule has 2 aromatic carbocycles. The molecule has 2 amide bonds. The fourth-order valence-electron chi connectivity index (χ4n) is 2.33. The van der Waals surface area contributed by atoms with Crippen LogP contribution in [0.5, 0.6) is 0 Å². The summed E-state index contributed by atoms with van der Waals surface area (Å²) in [7, 11) is 1.18. The van der Waals surface area contributed by atoms with E-state index >= 15 is 0 Å². The molecule has 0 atom stereocenters. The van der Waals surface area contributed by atoms with Crippen LogP contribution in [0.4, 0.5) is 0 Å². The van der Waals surface area contributed by atoms with Gasteiger partial charge in [-0.1, -0.05) is 29.3 Å². The summed E-state index contributed by atoms with van der Waals surface area (Å²) < 4.78 is 4.60. The zero-order valence-electron chi connectivity index (χ0n) is 12.5. The predicted molar refractivity (Wildman–Crippen MR) is 80.1 cm³/mol. The number of benzene rings is 2. The molecule has 0 N–H and O–H groups in total. The summed E-state index contributed by atoms with van der Waals surface area (Å²) in [6.45, 7) is 0. The number of methoxy groups -OCH3 is 1. The van der Waals surface area contributed by atoms with Gasteiger partial charge in [0.15, 0.2) is 0 Å². The fraction of sp³-hybridized carbons (Fsp3) is 0.0588. The van der Waals surface area contributed by atoms with Crippen molar-refractivity contribution in [3.05, 3.63) is 70.8 Å². The number of fused-ring (bicyclic) bond motifs is 1. The Kier molecular flexibility index (Phi) is 3.83. The van der Waals surface area contributed by atoms with Crippen molar-refractivity contribution in [3.8, 4) is 0 Å². The van der Waals surface area contributed by atoms with Crippen LogP contribution in [0, 0.1) is 0 Å². The molecule has 3 rings (SSSR count). The number of carbonyl (C=O) groups excluding carboxylic acids is 4. The smallest absolute Gasteiger partial charge is 0.364 e. The maximum Gasteiger partial charge on any atom is 0.364 e. The van der Waals surface area contributed by atoms with Crippen molar-refractivity contribution in [3.63, 3.8) is 0 Å². The van der Waals surface area contributed by atoms with E-state index in [1.54, 1.807) is 18.2 Å². The fourth-order valence-corrected chi connectivity index (χ4v) is 2.33. The Morgan fingerprint density at radius 3 is 1.75 bits per heavy atom. The quantitative estimate of drug-likeness (QED) is 0.632. The third-order valence-corrected chi connectivity index (χ3v) is 3.48. The molecule has 1 heterocycles. The molecular formula is C17H11NO6. The highest BCUT2D eigenvalue weighted by atomic mass is 16.7. The largest absolute Gasteiger partial charge is 0.465 e. The Labute approximate surface area is 136 Å². The minimum atomic E-state index is -1.01. The van der Waals surface area contributed by atoms with Gasteiger partial charge in [-0.3, -0.25) is 9.59 Å². The first-order valence-electron chi connectivity index (χ1n) is 6.92. The van der Waals surface area contributed by atoms with Crippen LogP contribution < -0.4 is 0 Å². The normalized spacial score (nSPS) is 12.8. The van der Waals surface area contributed by atoms with Crippen molar-refractivity contribution in [2.45, 2.75) is 0 Å². The summed E-state index contributed by atoms with van der Waals surface area (Å²) in [6, 6.07) is 11.9. The van der Waals surface area contributed by atoms with E-state index in [-0.39, 0.29) is 22.3 Å². The minimum absolute atomic E-state index is 0.0263. The van der Waals surface area contributed by atoms with Gasteiger partial charge in [-0.05, 0) is 24.3 Å². The molecule has 2 aromatic rings. The van der Waals surface area contributed by atoms with Gasteiger partial charge in [0, 0.05) is 0 Å². The van der Waals surface area contributed by atoms with Gasteiger partial charge in [0.05, 0.1) is 29.4 Å². The molecule has 120 valence electrons. The number of rotatable bonds is 3. The van der Waals surface area contributed by atoms with Crippen LogP contribution in [0.25, 0.3) is 0 Å². The van der Waals surface area contributed by atoms with Crippen LogP contribution in [0.3, 0.4) is 0 Å². The Morgan fingerprint density at radius 1 is 0.792 bits per heavy atom. The van der Waals surface area contributed by atoms with Gasteiger partial charge in [-0.25, -0.2) is 9.59 Å². The van der Waals surface area contributed by atoms with Crippen molar-refractivity contribution in [2.24, 2.45) is 0 Å². The summed E-state index contributed by atoms with van der Waals surface area (Å²) in [4.78, 5) is 53.3. The van der Waals surface area contributed by atoms with Crippen LogP contribution in [-0.4, -0.2) is 35.9 Å². The summed E-state index contributed by atoms with van der Waals surface area (Å²) in [5.74, 6) is -3.21. The molecule has 24 heavy (non-hydrogen) atoms. The molecule has 1 aliphatic rings. The standard InChI is InChI=1S/C17H11NO6/c1-23-16(21)12-8-4-5-9-13(12)17(22)24-18-14(19)10-6-2-3-7-11(10)15(18)20/h2-9H,1H3. The lowest BCUT2D eigenvalue weighted by molar-refractivity contribution is -0.0585. The second kappa shape index (κ2) is 5.96. The Morgan fingerprint density at radius 2 is 1.25 bits per heavy atom. The van der Waals surface area contributed by atoms with Crippen LogP contribution in [-0.2, 0) is 9.57 Å². The van der Waals surface area contributed by atoms with Crippen LogP contribution in [0.2, 0.25) is 0 Å². The average Bonchev–Trinajstić information content (AvgIpc) is 2.86. The van der Waals surface area contributed by atoms with Crippen molar-refractivity contribution < 1.29 is 28.8 Å². The lowest BCUT2D eigenvalue weighted by atomic mass is 10.1. The van der Waals surface area contributed by atoms with Crippen molar-refractivity contribution in [1.82, 2.24) is 5.06 Å². The number of hydrogen-bond donors (Lipinski definition) is 0. The van der Waals surface area contributed by atoms with Gasteiger partial charge < -0.3 is 9.57 Å². The lowest BCUT2D eigenvalue weighted by Gasteiger charge is -2.13. The van der Waals surface area contributed by atoms with Gasteiger partial charge in [0.2, 0.25) is 0 Å². The highest BCUT2D eigenvalue weighted by Gasteiger charge is 2.39. The maximum absolute atomic E-state index is 12.3. The van der Waals surface area contributed by atoms with E-state index in [1.165, 1.54) is 37.4 Å². The second-order valence-electron chi connectivity index (χ2n) is 4.87. The molecule has 0 radical (unpaired) electrons. The summed E-state index contributed by atoms with van der Waals surface area (Å²) >= 11 is 0.